The lowest BCUT2D eigenvalue weighted by molar-refractivity contribution is 0.0465. The summed E-state index contributed by atoms with van der Waals surface area (Å²) in [7, 11) is 0. The minimum atomic E-state index is -0.548. The zero-order chi connectivity index (χ0) is 17.1. The fourth-order valence-electron chi connectivity index (χ4n) is 2.44. The van der Waals surface area contributed by atoms with Crippen LogP contribution in [0.25, 0.3) is 10.8 Å². The number of esters is 1. The first-order valence-electron chi connectivity index (χ1n) is 7.51. The van der Waals surface area contributed by atoms with Gasteiger partial charge in [-0.05, 0) is 30.7 Å². The smallest absolute Gasteiger partial charge is 0.359 e. The van der Waals surface area contributed by atoms with Crippen LogP contribution in [0, 0.1) is 0 Å². The van der Waals surface area contributed by atoms with E-state index in [1.807, 2.05) is 24.3 Å². The Bertz CT molecular complexity index is 966. The van der Waals surface area contributed by atoms with Gasteiger partial charge in [-0.3, -0.25) is 4.79 Å². The second-order valence-corrected chi connectivity index (χ2v) is 6.14. The number of aryl methyl sites for hydroxylation is 1. The molecule has 2 aromatic carbocycles. The molecule has 24 heavy (non-hydrogen) atoms. The van der Waals surface area contributed by atoms with Crippen molar-refractivity contribution in [2.24, 2.45) is 0 Å². The van der Waals surface area contributed by atoms with E-state index in [1.165, 1.54) is 4.68 Å². The Labute approximate surface area is 147 Å². The Hall–Kier alpha value is -2.47. The van der Waals surface area contributed by atoms with Crippen LogP contribution in [-0.4, -0.2) is 15.7 Å². The van der Waals surface area contributed by atoms with Crippen molar-refractivity contribution in [2.45, 2.75) is 20.1 Å². The maximum absolute atomic E-state index is 12.5. The summed E-state index contributed by atoms with van der Waals surface area (Å²) in [6.45, 7) is 2.33. The maximum atomic E-state index is 12.5. The maximum Gasteiger partial charge on any atom is 0.359 e. The van der Waals surface area contributed by atoms with Gasteiger partial charge in [-0.15, -0.1) is 0 Å². The largest absolute Gasteiger partial charge is 0.456 e. The minimum absolute atomic E-state index is 0.138. The summed E-state index contributed by atoms with van der Waals surface area (Å²) in [6, 6.07) is 14.5. The number of fused-ring (bicyclic) bond motifs is 1. The zero-order valence-electron chi connectivity index (χ0n) is 13.0. The van der Waals surface area contributed by atoms with Crippen molar-refractivity contribution in [3.05, 3.63) is 74.6 Å². The number of hydrogen-bond donors (Lipinski definition) is 0. The van der Waals surface area contributed by atoms with E-state index in [9.17, 15) is 9.59 Å². The molecule has 1 heterocycles. The molecule has 0 saturated heterocycles. The van der Waals surface area contributed by atoms with Crippen LogP contribution < -0.4 is 5.56 Å². The van der Waals surface area contributed by atoms with E-state index in [0.29, 0.717) is 17.3 Å². The van der Waals surface area contributed by atoms with Crippen LogP contribution in [0.4, 0.5) is 0 Å². The van der Waals surface area contributed by atoms with Gasteiger partial charge in [0.1, 0.15) is 6.61 Å². The molecule has 0 aliphatic heterocycles. The third kappa shape index (κ3) is 3.23. The molecule has 0 aliphatic carbocycles. The Kier molecular flexibility index (Phi) is 4.76. The van der Waals surface area contributed by atoms with Gasteiger partial charge in [0, 0.05) is 16.4 Å². The molecule has 0 N–H and O–H groups in total. The van der Waals surface area contributed by atoms with Gasteiger partial charge in [-0.1, -0.05) is 46.3 Å². The summed E-state index contributed by atoms with van der Waals surface area (Å²) in [6.07, 6.45) is 0. The van der Waals surface area contributed by atoms with E-state index >= 15 is 0 Å². The average molecular weight is 387 g/mol. The molecule has 122 valence electrons. The molecular formula is C18H15BrN2O3. The molecule has 0 amide bonds. The van der Waals surface area contributed by atoms with Gasteiger partial charge in [0.2, 0.25) is 0 Å². The number of nitrogens with zero attached hydrogens (tertiary/aromatic N) is 2. The van der Waals surface area contributed by atoms with E-state index in [-0.39, 0.29) is 17.9 Å². The van der Waals surface area contributed by atoms with Gasteiger partial charge >= 0.3 is 5.97 Å². The number of hydrogen-bond acceptors (Lipinski definition) is 4. The van der Waals surface area contributed by atoms with E-state index in [2.05, 4.69) is 21.0 Å². The molecule has 5 nitrogen and oxygen atoms in total. The molecule has 0 fully saturated rings. The highest BCUT2D eigenvalue weighted by Crippen LogP contribution is 2.16. The van der Waals surface area contributed by atoms with Crippen molar-refractivity contribution >= 4 is 32.7 Å². The van der Waals surface area contributed by atoms with E-state index < -0.39 is 5.97 Å². The Morgan fingerprint density at radius 3 is 2.62 bits per heavy atom. The molecule has 1 aromatic heterocycles. The summed E-state index contributed by atoms with van der Waals surface area (Å²) in [5.74, 6) is -0.548. The number of benzene rings is 2. The normalized spacial score (nSPS) is 10.8. The second-order valence-electron chi connectivity index (χ2n) is 5.22. The van der Waals surface area contributed by atoms with Gasteiger partial charge in [0.15, 0.2) is 5.69 Å². The molecule has 0 radical (unpaired) electrons. The molecule has 0 saturated carbocycles. The van der Waals surface area contributed by atoms with Crippen LogP contribution in [0.3, 0.4) is 0 Å². The Morgan fingerprint density at radius 1 is 1.17 bits per heavy atom. The van der Waals surface area contributed by atoms with Crippen LogP contribution in [0.1, 0.15) is 23.0 Å². The van der Waals surface area contributed by atoms with E-state index in [0.717, 1.165) is 10.0 Å². The van der Waals surface area contributed by atoms with Gasteiger partial charge in [0.05, 0.1) is 5.39 Å². The summed E-state index contributed by atoms with van der Waals surface area (Å²) in [5, 5.41) is 5.14. The minimum Gasteiger partial charge on any atom is -0.456 e. The highest BCUT2D eigenvalue weighted by atomic mass is 79.9. The molecule has 0 aliphatic rings. The number of carbonyl (C=O) groups is 1. The van der Waals surface area contributed by atoms with Crippen molar-refractivity contribution in [1.82, 2.24) is 9.78 Å². The highest BCUT2D eigenvalue weighted by Gasteiger charge is 2.17. The van der Waals surface area contributed by atoms with Gasteiger partial charge in [-0.2, -0.15) is 5.10 Å². The zero-order valence-corrected chi connectivity index (χ0v) is 14.6. The number of halogens is 1. The van der Waals surface area contributed by atoms with Crippen molar-refractivity contribution < 1.29 is 9.53 Å². The fraction of sp³-hybridized carbons (Fsp3) is 0.167. The number of carbonyl (C=O) groups excluding carboxylic acids is 1. The van der Waals surface area contributed by atoms with Crippen LogP contribution in [0.5, 0.6) is 0 Å². The topological polar surface area (TPSA) is 61.2 Å². The van der Waals surface area contributed by atoms with Crippen LogP contribution in [0.2, 0.25) is 0 Å². The summed E-state index contributed by atoms with van der Waals surface area (Å²) in [5.41, 5.74) is 0.810. The lowest BCUT2D eigenvalue weighted by atomic mass is 10.1. The Balaban J connectivity index is 1.95. The molecule has 0 atom stereocenters. The summed E-state index contributed by atoms with van der Waals surface area (Å²) < 4.78 is 7.57. The number of aromatic nitrogens is 2. The standard InChI is InChI=1S/C18H15BrN2O3/c1-2-21-17(22)15-9-4-3-8-14(15)16(20-21)18(23)24-11-12-6-5-7-13(19)10-12/h3-10H,2,11H2,1H3. The molecule has 0 bridgehead atoms. The van der Waals surface area contributed by atoms with Gasteiger partial charge in [-0.25, -0.2) is 9.48 Å². The highest BCUT2D eigenvalue weighted by molar-refractivity contribution is 9.10. The van der Waals surface area contributed by atoms with E-state index in [1.54, 1.807) is 31.2 Å². The first-order chi connectivity index (χ1) is 11.6. The van der Waals surface area contributed by atoms with Gasteiger partial charge < -0.3 is 4.74 Å². The SMILES string of the molecule is CCn1nc(C(=O)OCc2cccc(Br)c2)c2ccccc2c1=O. The third-order valence-electron chi connectivity index (χ3n) is 3.62. The van der Waals surface area contributed by atoms with Crippen molar-refractivity contribution in [3.8, 4) is 0 Å². The summed E-state index contributed by atoms with van der Waals surface area (Å²) >= 11 is 3.38. The third-order valence-corrected chi connectivity index (χ3v) is 4.11. The molecule has 3 aromatic rings. The van der Waals surface area contributed by atoms with Crippen molar-refractivity contribution in [2.75, 3.05) is 0 Å². The first-order valence-corrected chi connectivity index (χ1v) is 8.31. The average Bonchev–Trinajstić information content (AvgIpc) is 2.60. The van der Waals surface area contributed by atoms with Crippen LogP contribution in [-0.2, 0) is 17.9 Å². The monoisotopic (exact) mass is 386 g/mol. The Morgan fingerprint density at radius 2 is 1.92 bits per heavy atom. The predicted molar refractivity (Wildman–Crippen MR) is 94.9 cm³/mol. The molecule has 6 heteroatoms. The molecular weight excluding hydrogens is 372 g/mol. The lowest BCUT2D eigenvalue weighted by Gasteiger charge is -2.10. The second kappa shape index (κ2) is 6.97. The van der Waals surface area contributed by atoms with Crippen LogP contribution >= 0.6 is 15.9 Å². The van der Waals surface area contributed by atoms with Gasteiger partial charge in [0.25, 0.3) is 5.56 Å². The van der Waals surface area contributed by atoms with Crippen molar-refractivity contribution in [1.29, 1.82) is 0 Å². The molecule has 0 unspecified atom stereocenters. The molecule has 0 spiro atoms. The first kappa shape index (κ1) is 16.4. The summed E-state index contributed by atoms with van der Waals surface area (Å²) in [4.78, 5) is 24.8. The van der Waals surface area contributed by atoms with Crippen LogP contribution in [0.15, 0.2) is 57.8 Å². The lowest BCUT2D eigenvalue weighted by Crippen LogP contribution is -2.25. The number of rotatable bonds is 4. The molecule has 3 rings (SSSR count). The predicted octanol–water partition coefficient (Wildman–Crippen LogP) is 3.54. The fourth-order valence-corrected chi connectivity index (χ4v) is 2.89. The number of ether oxygens (including phenoxy) is 1. The van der Waals surface area contributed by atoms with Crippen molar-refractivity contribution in [3.63, 3.8) is 0 Å². The quantitative estimate of drug-likeness (QED) is 0.643. The van der Waals surface area contributed by atoms with E-state index in [4.69, 9.17) is 4.74 Å².